The fraction of sp³-hybridized carbons (Fsp3) is 0.130. The van der Waals surface area contributed by atoms with Gasteiger partial charge in [-0.05, 0) is 42.3 Å². The summed E-state index contributed by atoms with van der Waals surface area (Å²) in [6.45, 7) is 2.06. The van der Waals surface area contributed by atoms with Crippen LogP contribution in [-0.2, 0) is 11.2 Å². The lowest BCUT2D eigenvalue weighted by Gasteiger charge is -2.17. The molecule has 4 aromatic rings. The number of carbonyl (C=O) groups excluding carboxylic acids is 2. The van der Waals surface area contributed by atoms with E-state index in [9.17, 15) is 9.59 Å². The van der Waals surface area contributed by atoms with Crippen LogP contribution in [0, 0.1) is 0 Å². The Kier molecular flexibility index (Phi) is 4.67. The van der Waals surface area contributed by atoms with E-state index in [0.29, 0.717) is 22.9 Å². The van der Waals surface area contributed by atoms with Crippen LogP contribution in [0.3, 0.4) is 0 Å². The Morgan fingerprint density at radius 3 is 2.65 bits per heavy atom. The number of halogens is 1. The number of aromatic nitrogens is 3. The van der Waals surface area contributed by atoms with Crippen molar-refractivity contribution in [3.8, 4) is 11.3 Å². The minimum Gasteiger partial charge on any atom is -0.326 e. The monoisotopic (exact) mass is 431 g/mol. The second-order valence-corrected chi connectivity index (χ2v) is 7.82. The van der Waals surface area contributed by atoms with Gasteiger partial charge in [0.15, 0.2) is 5.65 Å². The van der Waals surface area contributed by atoms with E-state index in [1.54, 1.807) is 29.6 Å². The highest BCUT2D eigenvalue weighted by atomic mass is 35.5. The quantitative estimate of drug-likeness (QED) is 0.527. The lowest BCUT2D eigenvalue weighted by molar-refractivity contribution is -0.114. The number of nitrogens with one attached hydrogen (secondary N) is 1. The molecule has 1 aliphatic rings. The van der Waals surface area contributed by atoms with Gasteiger partial charge in [-0.1, -0.05) is 23.7 Å². The van der Waals surface area contributed by atoms with Gasteiger partial charge in [0.25, 0.3) is 5.91 Å². The first-order valence-electron chi connectivity index (χ1n) is 9.81. The normalized spacial score (nSPS) is 12.8. The number of anilines is 2. The van der Waals surface area contributed by atoms with Crippen molar-refractivity contribution < 1.29 is 9.59 Å². The van der Waals surface area contributed by atoms with E-state index in [1.165, 1.54) is 6.92 Å². The van der Waals surface area contributed by atoms with Gasteiger partial charge in [-0.15, -0.1) is 0 Å². The van der Waals surface area contributed by atoms with E-state index < -0.39 is 0 Å². The predicted molar refractivity (Wildman–Crippen MR) is 120 cm³/mol. The first-order chi connectivity index (χ1) is 15.0. The van der Waals surface area contributed by atoms with Crippen LogP contribution in [0.5, 0.6) is 0 Å². The van der Waals surface area contributed by atoms with Gasteiger partial charge in [0, 0.05) is 41.6 Å². The number of nitrogens with zero attached hydrogens (tertiary/aromatic N) is 4. The number of amides is 2. The Morgan fingerprint density at radius 1 is 1.06 bits per heavy atom. The first-order valence-corrected chi connectivity index (χ1v) is 10.2. The third-order valence-electron chi connectivity index (χ3n) is 5.30. The summed E-state index contributed by atoms with van der Waals surface area (Å²) in [7, 11) is 0. The SMILES string of the molecule is CC(=O)Nc1ccc(-c2cnc3cnc(C(=O)N4CCc5cc(Cl)ccc54)cn23)cc1. The highest BCUT2D eigenvalue weighted by molar-refractivity contribution is 6.30. The molecule has 1 aliphatic heterocycles. The Bertz CT molecular complexity index is 1330. The van der Waals surface area contributed by atoms with Gasteiger partial charge >= 0.3 is 0 Å². The molecule has 2 aromatic heterocycles. The molecule has 8 heteroatoms. The summed E-state index contributed by atoms with van der Waals surface area (Å²) >= 11 is 6.08. The molecule has 0 atom stereocenters. The molecular weight excluding hydrogens is 414 g/mol. The fourth-order valence-corrected chi connectivity index (χ4v) is 4.06. The molecule has 0 bridgehead atoms. The molecule has 0 fully saturated rings. The molecule has 3 heterocycles. The van der Waals surface area contributed by atoms with Gasteiger partial charge in [-0.2, -0.15) is 0 Å². The Labute approximate surface area is 183 Å². The molecule has 1 N–H and O–H groups in total. The van der Waals surface area contributed by atoms with E-state index in [-0.39, 0.29) is 11.8 Å². The fourth-order valence-electron chi connectivity index (χ4n) is 3.86. The molecule has 0 saturated heterocycles. The lowest BCUT2D eigenvalue weighted by Crippen LogP contribution is -2.29. The molecular formula is C23H18ClN5O2. The number of hydrogen-bond donors (Lipinski definition) is 1. The molecule has 0 spiro atoms. The van der Waals surface area contributed by atoms with Crippen molar-refractivity contribution in [1.29, 1.82) is 0 Å². The van der Waals surface area contributed by atoms with Gasteiger partial charge in [-0.25, -0.2) is 9.97 Å². The third-order valence-corrected chi connectivity index (χ3v) is 5.53. The average Bonchev–Trinajstić information content (AvgIpc) is 3.36. The van der Waals surface area contributed by atoms with Crippen LogP contribution in [0.4, 0.5) is 11.4 Å². The van der Waals surface area contributed by atoms with Crippen molar-refractivity contribution in [3.05, 3.63) is 77.3 Å². The molecule has 7 nitrogen and oxygen atoms in total. The van der Waals surface area contributed by atoms with Gasteiger partial charge < -0.3 is 10.2 Å². The predicted octanol–water partition coefficient (Wildman–Crippen LogP) is 4.21. The minimum atomic E-state index is -0.163. The molecule has 0 aliphatic carbocycles. The lowest BCUT2D eigenvalue weighted by atomic mass is 10.1. The number of hydrogen-bond acceptors (Lipinski definition) is 4. The van der Waals surface area contributed by atoms with Gasteiger partial charge in [0.2, 0.25) is 5.91 Å². The smallest absolute Gasteiger partial charge is 0.278 e. The zero-order chi connectivity index (χ0) is 21.5. The van der Waals surface area contributed by atoms with Crippen LogP contribution >= 0.6 is 11.6 Å². The van der Waals surface area contributed by atoms with Crippen molar-refractivity contribution in [1.82, 2.24) is 14.4 Å². The maximum absolute atomic E-state index is 13.2. The largest absolute Gasteiger partial charge is 0.326 e. The van der Waals surface area contributed by atoms with E-state index in [4.69, 9.17) is 11.6 Å². The van der Waals surface area contributed by atoms with Crippen LogP contribution < -0.4 is 10.2 Å². The van der Waals surface area contributed by atoms with Crippen molar-refractivity contribution >= 4 is 40.4 Å². The zero-order valence-electron chi connectivity index (χ0n) is 16.7. The highest BCUT2D eigenvalue weighted by Gasteiger charge is 2.27. The van der Waals surface area contributed by atoms with Crippen LogP contribution in [0.25, 0.3) is 16.9 Å². The van der Waals surface area contributed by atoms with Crippen LogP contribution in [-0.4, -0.2) is 32.7 Å². The van der Waals surface area contributed by atoms with Crippen LogP contribution in [0.15, 0.2) is 61.1 Å². The van der Waals surface area contributed by atoms with Crippen molar-refractivity contribution in [2.24, 2.45) is 0 Å². The molecule has 0 radical (unpaired) electrons. The summed E-state index contributed by atoms with van der Waals surface area (Å²) < 4.78 is 1.85. The molecule has 2 amide bonds. The van der Waals surface area contributed by atoms with Crippen molar-refractivity contribution in [2.45, 2.75) is 13.3 Å². The van der Waals surface area contributed by atoms with Crippen molar-refractivity contribution in [3.63, 3.8) is 0 Å². The zero-order valence-corrected chi connectivity index (χ0v) is 17.4. The Morgan fingerprint density at radius 2 is 1.87 bits per heavy atom. The maximum atomic E-state index is 13.2. The number of imidazole rings is 1. The molecule has 5 rings (SSSR count). The van der Waals surface area contributed by atoms with E-state index in [2.05, 4.69) is 15.3 Å². The summed E-state index contributed by atoms with van der Waals surface area (Å²) in [6, 6.07) is 13.0. The average molecular weight is 432 g/mol. The Balaban J connectivity index is 1.48. The van der Waals surface area contributed by atoms with Gasteiger partial charge in [-0.3, -0.25) is 14.0 Å². The second kappa shape index (κ2) is 7.52. The Hall–Kier alpha value is -3.71. The minimum absolute atomic E-state index is 0.123. The van der Waals surface area contributed by atoms with Crippen LogP contribution in [0.1, 0.15) is 23.0 Å². The standard InChI is InChI=1S/C23H18ClN5O2/c1-14(30)27-18-5-2-15(3-6-18)21-11-26-22-12-25-19(13-29(21)22)23(31)28-9-8-16-10-17(24)4-7-20(16)28/h2-7,10-13H,8-9H2,1H3,(H,27,30). The summed E-state index contributed by atoms with van der Waals surface area (Å²) in [4.78, 5) is 34.9. The molecule has 31 heavy (non-hydrogen) atoms. The van der Waals surface area contributed by atoms with Gasteiger partial charge in [0.05, 0.1) is 18.1 Å². The first kappa shape index (κ1) is 19.3. The molecule has 2 aromatic carbocycles. The molecule has 0 saturated carbocycles. The number of fused-ring (bicyclic) bond motifs is 2. The summed E-state index contributed by atoms with van der Waals surface area (Å²) in [5, 5.41) is 3.42. The molecule has 0 unspecified atom stereocenters. The van der Waals surface area contributed by atoms with E-state index in [0.717, 1.165) is 34.6 Å². The van der Waals surface area contributed by atoms with E-state index in [1.807, 2.05) is 40.8 Å². The summed E-state index contributed by atoms with van der Waals surface area (Å²) in [5.74, 6) is -0.286. The second-order valence-electron chi connectivity index (χ2n) is 7.38. The van der Waals surface area contributed by atoms with Gasteiger partial charge in [0.1, 0.15) is 5.69 Å². The van der Waals surface area contributed by atoms with Crippen LogP contribution in [0.2, 0.25) is 5.02 Å². The third kappa shape index (κ3) is 3.53. The highest BCUT2D eigenvalue weighted by Crippen LogP contribution is 2.31. The maximum Gasteiger partial charge on any atom is 0.278 e. The van der Waals surface area contributed by atoms with E-state index >= 15 is 0 Å². The topological polar surface area (TPSA) is 79.6 Å². The number of benzene rings is 2. The summed E-state index contributed by atoms with van der Waals surface area (Å²) in [5.41, 5.74) is 5.37. The molecule has 154 valence electrons. The number of carbonyl (C=O) groups is 2. The summed E-state index contributed by atoms with van der Waals surface area (Å²) in [6.07, 6.45) is 5.82. The number of rotatable bonds is 3. The van der Waals surface area contributed by atoms with Crippen molar-refractivity contribution in [2.75, 3.05) is 16.8 Å².